The normalized spacial score (nSPS) is 14.7. The molecule has 1 N–H and O–H groups in total. The molecular formula is C21H19NO7. The third-order valence-corrected chi connectivity index (χ3v) is 4.43. The molecule has 0 fully saturated rings. The number of amides is 1. The molecule has 4 rings (SSSR count). The van der Waals surface area contributed by atoms with E-state index in [2.05, 4.69) is 5.32 Å². The van der Waals surface area contributed by atoms with Gasteiger partial charge in [-0.25, -0.2) is 4.79 Å². The zero-order valence-corrected chi connectivity index (χ0v) is 15.7. The Kier molecular flexibility index (Phi) is 5.24. The van der Waals surface area contributed by atoms with Gasteiger partial charge in [0.05, 0.1) is 6.04 Å². The van der Waals surface area contributed by atoms with Crippen LogP contribution in [-0.2, 0) is 14.3 Å². The minimum absolute atomic E-state index is 0.185. The van der Waals surface area contributed by atoms with Gasteiger partial charge < -0.3 is 29.0 Å². The van der Waals surface area contributed by atoms with Crippen molar-refractivity contribution in [3.8, 4) is 23.0 Å². The molecule has 29 heavy (non-hydrogen) atoms. The van der Waals surface area contributed by atoms with Crippen molar-refractivity contribution >= 4 is 18.0 Å². The van der Waals surface area contributed by atoms with Crippen LogP contribution in [0.3, 0.4) is 0 Å². The van der Waals surface area contributed by atoms with Crippen molar-refractivity contribution in [1.82, 2.24) is 5.32 Å². The van der Waals surface area contributed by atoms with Crippen LogP contribution in [0, 0.1) is 0 Å². The minimum Gasteiger partial charge on any atom is -0.454 e. The first-order chi connectivity index (χ1) is 14.1. The van der Waals surface area contributed by atoms with Crippen LogP contribution < -0.4 is 24.3 Å². The van der Waals surface area contributed by atoms with Gasteiger partial charge in [-0.05, 0) is 48.4 Å². The lowest BCUT2D eigenvalue weighted by molar-refractivity contribution is -0.144. The molecule has 8 nitrogen and oxygen atoms in total. The maximum Gasteiger partial charge on any atom is 0.331 e. The number of ether oxygens (including phenoxy) is 5. The molecule has 2 aromatic rings. The Morgan fingerprint density at radius 2 is 1.66 bits per heavy atom. The Morgan fingerprint density at radius 3 is 2.41 bits per heavy atom. The number of benzene rings is 2. The monoisotopic (exact) mass is 397 g/mol. The lowest BCUT2D eigenvalue weighted by atomic mass is 10.1. The number of carbonyl (C=O) groups is 2. The van der Waals surface area contributed by atoms with Crippen molar-refractivity contribution in [2.75, 3.05) is 20.2 Å². The molecule has 0 spiro atoms. The molecule has 2 aliphatic rings. The molecule has 8 heteroatoms. The first-order valence-corrected chi connectivity index (χ1v) is 9.02. The van der Waals surface area contributed by atoms with Gasteiger partial charge in [-0.3, -0.25) is 4.79 Å². The zero-order chi connectivity index (χ0) is 20.2. The number of carbonyl (C=O) groups excluding carboxylic acids is 2. The molecule has 2 heterocycles. The largest absolute Gasteiger partial charge is 0.454 e. The maximum absolute atomic E-state index is 12.1. The van der Waals surface area contributed by atoms with E-state index in [-0.39, 0.29) is 26.2 Å². The van der Waals surface area contributed by atoms with E-state index in [9.17, 15) is 9.59 Å². The summed E-state index contributed by atoms with van der Waals surface area (Å²) >= 11 is 0. The summed E-state index contributed by atoms with van der Waals surface area (Å²) in [7, 11) is 0. The fourth-order valence-electron chi connectivity index (χ4n) is 2.91. The second-order valence-corrected chi connectivity index (χ2v) is 6.46. The van der Waals surface area contributed by atoms with E-state index < -0.39 is 11.9 Å². The Hall–Kier alpha value is -3.68. The molecule has 0 aromatic heterocycles. The van der Waals surface area contributed by atoms with E-state index in [0.717, 1.165) is 11.1 Å². The van der Waals surface area contributed by atoms with Gasteiger partial charge in [0, 0.05) is 6.08 Å². The van der Waals surface area contributed by atoms with E-state index >= 15 is 0 Å². The molecule has 150 valence electrons. The zero-order valence-electron chi connectivity index (χ0n) is 15.7. The van der Waals surface area contributed by atoms with Crippen molar-refractivity contribution in [2.45, 2.75) is 13.0 Å². The van der Waals surface area contributed by atoms with E-state index in [1.165, 1.54) is 6.08 Å². The van der Waals surface area contributed by atoms with Crippen molar-refractivity contribution in [1.29, 1.82) is 0 Å². The molecule has 1 amide bonds. The molecule has 0 aliphatic carbocycles. The van der Waals surface area contributed by atoms with E-state index in [0.29, 0.717) is 23.0 Å². The number of hydrogen-bond donors (Lipinski definition) is 1. The summed E-state index contributed by atoms with van der Waals surface area (Å²) in [6, 6.07) is 10.5. The molecular weight excluding hydrogens is 378 g/mol. The summed E-state index contributed by atoms with van der Waals surface area (Å²) < 4.78 is 26.1. The second-order valence-electron chi connectivity index (χ2n) is 6.46. The highest BCUT2D eigenvalue weighted by molar-refractivity contribution is 5.89. The summed E-state index contributed by atoms with van der Waals surface area (Å²) in [4.78, 5) is 23.9. The average Bonchev–Trinajstić information content (AvgIpc) is 3.38. The van der Waals surface area contributed by atoms with Crippen LogP contribution in [-0.4, -0.2) is 32.1 Å². The molecule has 2 aromatic carbocycles. The Bertz CT molecular complexity index is 969. The van der Waals surface area contributed by atoms with Gasteiger partial charge in [-0.15, -0.1) is 0 Å². The smallest absolute Gasteiger partial charge is 0.331 e. The van der Waals surface area contributed by atoms with Gasteiger partial charge >= 0.3 is 5.97 Å². The average molecular weight is 397 g/mol. The second kappa shape index (κ2) is 8.14. The Morgan fingerprint density at radius 1 is 1.00 bits per heavy atom. The van der Waals surface area contributed by atoms with Crippen LogP contribution in [0.5, 0.6) is 23.0 Å². The highest BCUT2D eigenvalue weighted by Gasteiger charge is 2.17. The Labute approximate surface area is 167 Å². The highest BCUT2D eigenvalue weighted by atomic mass is 16.7. The van der Waals surface area contributed by atoms with Crippen LogP contribution in [0.2, 0.25) is 0 Å². The molecule has 0 saturated carbocycles. The summed E-state index contributed by atoms with van der Waals surface area (Å²) in [5, 5.41) is 2.78. The molecule has 0 unspecified atom stereocenters. The van der Waals surface area contributed by atoms with Gasteiger partial charge in [0.25, 0.3) is 5.91 Å². The molecule has 0 saturated heterocycles. The van der Waals surface area contributed by atoms with Crippen molar-refractivity contribution in [3.63, 3.8) is 0 Å². The van der Waals surface area contributed by atoms with Crippen molar-refractivity contribution in [2.24, 2.45) is 0 Å². The molecule has 0 radical (unpaired) electrons. The maximum atomic E-state index is 12.1. The number of esters is 1. The van der Waals surface area contributed by atoms with Crippen molar-refractivity contribution in [3.05, 3.63) is 53.6 Å². The summed E-state index contributed by atoms with van der Waals surface area (Å²) in [6.45, 7) is 1.83. The van der Waals surface area contributed by atoms with E-state index in [1.54, 1.807) is 30.3 Å². The topological polar surface area (TPSA) is 92.3 Å². The minimum atomic E-state index is -0.617. The van der Waals surface area contributed by atoms with Gasteiger partial charge in [-0.2, -0.15) is 0 Å². The summed E-state index contributed by atoms with van der Waals surface area (Å²) in [5.74, 6) is 1.59. The highest BCUT2D eigenvalue weighted by Crippen LogP contribution is 2.34. The quantitative estimate of drug-likeness (QED) is 0.592. The number of fused-ring (bicyclic) bond motifs is 2. The first-order valence-electron chi connectivity index (χ1n) is 9.02. The SMILES string of the molecule is C[C@@H](NC(=O)COC(=O)/C=C/c1ccc2c(c1)OCO2)c1ccc2c(c1)OCO2. The van der Waals surface area contributed by atoms with Crippen LogP contribution in [0.4, 0.5) is 0 Å². The predicted octanol–water partition coefficient (Wildman–Crippen LogP) is 2.58. The van der Waals surface area contributed by atoms with E-state index in [1.807, 2.05) is 19.1 Å². The fourth-order valence-corrected chi connectivity index (χ4v) is 2.91. The number of hydrogen-bond acceptors (Lipinski definition) is 7. The fraction of sp³-hybridized carbons (Fsp3) is 0.238. The summed E-state index contributed by atoms with van der Waals surface area (Å²) in [5.41, 5.74) is 1.61. The van der Waals surface area contributed by atoms with Gasteiger partial charge in [0.15, 0.2) is 29.6 Å². The molecule has 1 atom stereocenters. The first kappa shape index (κ1) is 18.7. The number of rotatable bonds is 6. The third kappa shape index (κ3) is 4.43. The molecule has 0 bridgehead atoms. The predicted molar refractivity (Wildman–Crippen MR) is 102 cm³/mol. The van der Waals surface area contributed by atoms with Gasteiger partial charge in [0.2, 0.25) is 13.6 Å². The van der Waals surface area contributed by atoms with Gasteiger partial charge in [-0.1, -0.05) is 12.1 Å². The lowest BCUT2D eigenvalue weighted by Crippen LogP contribution is -2.30. The molecule has 2 aliphatic heterocycles. The summed E-state index contributed by atoms with van der Waals surface area (Å²) in [6.07, 6.45) is 2.84. The third-order valence-electron chi connectivity index (χ3n) is 4.43. The van der Waals surface area contributed by atoms with Crippen LogP contribution in [0.1, 0.15) is 24.1 Å². The van der Waals surface area contributed by atoms with Gasteiger partial charge in [0.1, 0.15) is 0 Å². The lowest BCUT2D eigenvalue weighted by Gasteiger charge is -2.14. The Balaban J connectivity index is 1.25. The van der Waals surface area contributed by atoms with E-state index in [4.69, 9.17) is 23.7 Å². The standard InChI is InChI=1S/C21H19NO7/c1-13(15-4-6-17-19(9-15)29-12-27-17)22-20(23)10-25-21(24)7-3-14-2-5-16-18(8-14)28-11-26-16/h2-9,13H,10-12H2,1H3,(H,22,23)/b7-3+/t13-/m1/s1. The van der Waals surface area contributed by atoms with Crippen LogP contribution >= 0.6 is 0 Å². The number of nitrogens with one attached hydrogen (secondary N) is 1. The van der Waals surface area contributed by atoms with Crippen LogP contribution in [0.25, 0.3) is 6.08 Å². The van der Waals surface area contributed by atoms with Crippen LogP contribution in [0.15, 0.2) is 42.5 Å². The van der Waals surface area contributed by atoms with Crippen molar-refractivity contribution < 1.29 is 33.3 Å².